The molecule has 1 aliphatic rings. The quantitative estimate of drug-likeness (QED) is 0.343. The van der Waals surface area contributed by atoms with E-state index >= 15 is 0 Å². The number of ether oxygens (including phenoxy) is 1. The van der Waals surface area contributed by atoms with Crippen LogP contribution in [0.5, 0.6) is 5.75 Å². The Balaban J connectivity index is 1.23. The molecule has 0 unspecified atom stereocenters. The van der Waals surface area contributed by atoms with E-state index in [0.29, 0.717) is 22.5 Å². The number of hydrogen-bond acceptors (Lipinski definition) is 6. The summed E-state index contributed by atoms with van der Waals surface area (Å²) < 4.78 is 5.70. The van der Waals surface area contributed by atoms with Gasteiger partial charge in [-0.25, -0.2) is 9.78 Å². The van der Waals surface area contributed by atoms with Gasteiger partial charge in [0.15, 0.2) is 5.75 Å². The second-order valence-electron chi connectivity index (χ2n) is 9.24. The largest absolute Gasteiger partial charge is 0.417 e. The number of likely N-dealkylation sites (N-methyl/N-ethyl adjacent to an activating group) is 1. The molecule has 0 spiro atoms. The molecule has 7 nitrogen and oxygen atoms in total. The molecule has 0 radical (unpaired) electrons. The third kappa shape index (κ3) is 4.69. The Morgan fingerprint density at radius 3 is 2.32 bits per heavy atom. The van der Waals surface area contributed by atoms with Crippen molar-refractivity contribution in [3.05, 3.63) is 91.3 Å². The fraction of sp³-hybridized carbons (Fsp3) is 0.167. The van der Waals surface area contributed by atoms with Crippen LogP contribution >= 0.6 is 0 Å². The Kier molecular flexibility index (Phi) is 6.12. The SMILES string of the molecule is CN1CCN(c2ccc(NC(=O)Oc3ccc(-c4cccc5ccccc45)c4nccnc34)cc2)CC1. The Labute approximate surface area is 215 Å². The number of benzene rings is 4. The maximum absolute atomic E-state index is 12.8. The molecule has 7 heteroatoms. The van der Waals surface area contributed by atoms with Gasteiger partial charge in [-0.3, -0.25) is 10.3 Å². The molecule has 6 rings (SSSR count). The van der Waals surface area contributed by atoms with Crippen molar-refractivity contribution in [3.8, 4) is 16.9 Å². The Morgan fingerprint density at radius 2 is 1.51 bits per heavy atom. The zero-order chi connectivity index (χ0) is 25.2. The van der Waals surface area contributed by atoms with Crippen molar-refractivity contribution < 1.29 is 9.53 Å². The molecule has 0 saturated carbocycles. The summed E-state index contributed by atoms with van der Waals surface area (Å²) in [5, 5.41) is 5.10. The van der Waals surface area contributed by atoms with Gasteiger partial charge in [-0.1, -0.05) is 42.5 Å². The van der Waals surface area contributed by atoms with Crippen molar-refractivity contribution in [1.29, 1.82) is 0 Å². The molecule has 4 aromatic carbocycles. The van der Waals surface area contributed by atoms with Crippen molar-refractivity contribution in [3.63, 3.8) is 0 Å². The summed E-state index contributed by atoms with van der Waals surface area (Å²) in [6.07, 6.45) is 2.69. The predicted molar refractivity (Wildman–Crippen MR) is 148 cm³/mol. The predicted octanol–water partition coefficient (Wildman–Crippen LogP) is 5.81. The third-order valence-corrected chi connectivity index (χ3v) is 6.85. The molecular weight excluding hydrogens is 462 g/mol. The molecule has 184 valence electrons. The molecule has 0 aliphatic carbocycles. The number of hydrogen-bond donors (Lipinski definition) is 1. The van der Waals surface area contributed by atoms with Crippen LogP contribution in [-0.2, 0) is 0 Å². The first-order chi connectivity index (χ1) is 18.2. The van der Waals surface area contributed by atoms with Crippen LogP contribution < -0.4 is 15.0 Å². The van der Waals surface area contributed by atoms with E-state index in [1.54, 1.807) is 18.5 Å². The lowest BCUT2D eigenvalue weighted by molar-refractivity contribution is 0.215. The van der Waals surface area contributed by atoms with Gasteiger partial charge in [-0.2, -0.15) is 0 Å². The molecular formula is C30H27N5O2. The van der Waals surface area contributed by atoms with Crippen molar-refractivity contribution in [2.24, 2.45) is 0 Å². The summed E-state index contributed by atoms with van der Waals surface area (Å²) in [6.45, 7) is 4.08. The second kappa shape index (κ2) is 9.87. The summed E-state index contributed by atoms with van der Waals surface area (Å²) in [7, 11) is 2.14. The monoisotopic (exact) mass is 489 g/mol. The lowest BCUT2D eigenvalue weighted by Crippen LogP contribution is -2.44. The summed E-state index contributed by atoms with van der Waals surface area (Å²) in [6, 6.07) is 26.0. The first-order valence-electron chi connectivity index (χ1n) is 12.4. The highest BCUT2D eigenvalue weighted by Gasteiger charge is 2.17. The van der Waals surface area contributed by atoms with Crippen molar-refractivity contribution in [1.82, 2.24) is 14.9 Å². The van der Waals surface area contributed by atoms with E-state index in [9.17, 15) is 4.79 Å². The number of aromatic nitrogens is 2. The van der Waals surface area contributed by atoms with Crippen LogP contribution in [0, 0.1) is 0 Å². The van der Waals surface area contributed by atoms with E-state index < -0.39 is 6.09 Å². The van der Waals surface area contributed by atoms with E-state index in [0.717, 1.165) is 53.8 Å². The number of anilines is 2. The molecule has 1 fully saturated rings. The standard InChI is InChI=1S/C30H27N5O2/c1-34-17-19-35(20-18-34)23-11-9-22(10-12-23)33-30(36)37-27-14-13-26(28-29(27)32-16-15-31-28)25-8-4-6-21-5-2-3-7-24(21)25/h2-16H,17-20H2,1H3,(H,33,36). The van der Waals surface area contributed by atoms with Gasteiger partial charge in [0.2, 0.25) is 0 Å². The maximum Gasteiger partial charge on any atom is 0.417 e. The molecule has 0 bridgehead atoms. The average molecular weight is 490 g/mol. The zero-order valence-electron chi connectivity index (χ0n) is 20.6. The summed E-state index contributed by atoms with van der Waals surface area (Å²) >= 11 is 0. The third-order valence-electron chi connectivity index (χ3n) is 6.85. The van der Waals surface area contributed by atoms with E-state index in [1.807, 2.05) is 48.5 Å². The normalized spacial score (nSPS) is 14.1. The van der Waals surface area contributed by atoms with Crippen molar-refractivity contribution >= 4 is 39.3 Å². The molecule has 0 atom stereocenters. The van der Waals surface area contributed by atoms with Gasteiger partial charge in [-0.15, -0.1) is 0 Å². The van der Waals surface area contributed by atoms with Crippen molar-refractivity contribution in [2.45, 2.75) is 0 Å². The molecule has 1 N–H and O–H groups in total. The van der Waals surface area contributed by atoms with Gasteiger partial charge < -0.3 is 14.5 Å². The minimum atomic E-state index is -0.572. The molecule has 5 aromatic rings. The number of carbonyl (C=O) groups is 1. The molecule has 37 heavy (non-hydrogen) atoms. The van der Waals surface area contributed by atoms with E-state index in [1.165, 1.54) is 0 Å². The number of amides is 1. The number of carbonyl (C=O) groups excluding carboxylic acids is 1. The Morgan fingerprint density at radius 1 is 0.784 bits per heavy atom. The smallest absolute Gasteiger partial charge is 0.408 e. The van der Waals surface area contributed by atoms with Crippen LogP contribution in [0.2, 0.25) is 0 Å². The second-order valence-corrected chi connectivity index (χ2v) is 9.24. The van der Waals surface area contributed by atoms with E-state index in [-0.39, 0.29) is 0 Å². The molecule has 1 aromatic heterocycles. The summed E-state index contributed by atoms with van der Waals surface area (Å²) in [5.74, 6) is 0.360. The fourth-order valence-electron chi connectivity index (χ4n) is 4.86. The first kappa shape index (κ1) is 22.9. The Bertz CT molecular complexity index is 1570. The lowest BCUT2D eigenvalue weighted by Gasteiger charge is -2.34. The number of nitrogens with zero attached hydrogens (tertiary/aromatic N) is 4. The van der Waals surface area contributed by atoms with Crippen molar-refractivity contribution in [2.75, 3.05) is 43.4 Å². The van der Waals surface area contributed by atoms with Gasteiger partial charge in [0.25, 0.3) is 0 Å². The molecule has 1 aliphatic heterocycles. The van der Waals surface area contributed by atoms with Crippen LogP contribution in [0.4, 0.5) is 16.2 Å². The van der Waals surface area contributed by atoms with Gasteiger partial charge in [0, 0.05) is 55.5 Å². The number of fused-ring (bicyclic) bond motifs is 2. The van der Waals surface area contributed by atoms with Crippen LogP contribution in [0.15, 0.2) is 91.3 Å². The average Bonchev–Trinajstić information content (AvgIpc) is 2.94. The van der Waals surface area contributed by atoms with Crippen LogP contribution in [0.25, 0.3) is 32.9 Å². The topological polar surface area (TPSA) is 70.6 Å². The van der Waals surface area contributed by atoms with Gasteiger partial charge in [-0.05, 0) is 59.8 Å². The molecule has 1 amide bonds. The highest BCUT2D eigenvalue weighted by atomic mass is 16.6. The van der Waals surface area contributed by atoms with Gasteiger partial charge >= 0.3 is 6.09 Å². The maximum atomic E-state index is 12.8. The summed E-state index contributed by atoms with van der Waals surface area (Å²) in [5.41, 5.74) is 5.03. The number of nitrogens with one attached hydrogen (secondary N) is 1. The Hall–Kier alpha value is -4.49. The highest BCUT2D eigenvalue weighted by Crippen LogP contribution is 2.35. The zero-order valence-corrected chi connectivity index (χ0v) is 20.6. The fourth-order valence-corrected chi connectivity index (χ4v) is 4.86. The summed E-state index contributed by atoms with van der Waals surface area (Å²) in [4.78, 5) is 26.5. The minimum absolute atomic E-state index is 0.360. The number of piperazine rings is 1. The first-order valence-corrected chi connectivity index (χ1v) is 12.4. The van der Waals surface area contributed by atoms with Gasteiger partial charge in [0.05, 0.1) is 0 Å². The van der Waals surface area contributed by atoms with Crippen LogP contribution in [0.3, 0.4) is 0 Å². The van der Waals surface area contributed by atoms with E-state index in [4.69, 9.17) is 4.74 Å². The highest BCUT2D eigenvalue weighted by molar-refractivity contribution is 6.05. The number of rotatable bonds is 4. The van der Waals surface area contributed by atoms with Crippen LogP contribution in [0.1, 0.15) is 0 Å². The lowest BCUT2D eigenvalue weighted by atomic mass is 9.97. The van der Waals surface area contributed by atoms with Gasteiger partial charge in [0.1, 0.15) is 11.0 Å². The molecule has 1 saturated heterocycles. The molecule has 2 heterocycles. The van der Waals surface area contributed by atoms with Crippen LogP contribution in [-0.4, -0.2) is 54.2 Å². The minimum Gasteiger partial charge on any atom is -0.408 e. The van der Waals surface area contributed by atoms with E-state index in [2.05, 4.69) is 56.4 Å².